The van der Waals surface area contributed by atoms with E-state index in [1.807, 2.05) is 0 Å². The van der Waals surface area contributed by atoms with Crippen molar-refractivity contribution in [3.05, 3.63) is 0 Å². The Morgan fingerprint density at radius 3 is 2.39 bits per heavy atom. The molecule has 132 valence electrons. The van der Waals surface area contributed by atoms with Gasteiger partial charge >= 0.3 is 0 Å². The lowest BCUT2D eigenvalue weighted by Crippen LogP contribution is -2.60. The first kappa shape index (κ1) is 17.2. The molecule has 3 fully saturated rings. The van der Waals surface area contributed by atoms with Gasteiger partial charge in [0.25, 0.3) is 0 Å². The first-order valence-electron chi connectivity index (χ1n) is 9.49. The van der Waals surface area contributed by atoms with Gasteiger partial charge in [-0.2, -0.15) is 0 Å². The topological polar surface area (TPSA) is 44.8 Å². The normalized spacial score (nSPS) is 27.7. The third-order valence-electron chi connectivity index (χ3n) is 6.13. The van der Waals surface area contributed by atoms with Crippen molar-refractivity contribution in [1.29, 1.82) is 0 Å². The fourth-order valence-corrected chi connectivity index (χ4v) is 4.39. The van der Waals surface area contributed by atoms with E-state index in [4.69, 9.17) is 4.74 Å². The van der Waals surface area contributed by atoms with E-state index >= 15 is 0 Å². The van der Waals surface area contributed by atoms with Gasteiger partial charge in [-0.05, 0) is 71.8 Å². The lowest BCUT2D eigenvalue weighted by atomic mass is 9.85. The molecule has 0 saturated carbocycles. The maximum Gasteiger partial charge on any atom is 0.223 e. The number of hydrogen-bond acceptors (Lipinski definition) is 4. The summed E-state index contributed by atoms with van der Waals surface area (Å²) in [5.74, 6) is 0.491. The van der Waals surface area contributed by atoms with Crippen LogP contribution in [0.4, 0.5) is 0 Å². The summed E-state index contributed by atoms with van der Waals surface area (Å²) in [6, 6.07) is 0. The van der Waals surface area contributed by atoms with Gasteiger partial charge in [-0.15, -0.1) is 0 Å². The van der Waals surface area contributed by atoms with Crippen LogP contribution in [0.2, 0.25) is 0 Å². The van der Waals surface area contributed by atoms with Crippen molar-refractivity contribution in [2.45, 2.75) is 50.5 Å². The monoisotopic (exact) mass is 323 g/mol. The van der Waals surface area contributed by atoms with Gasteiger partial charge in [0.05, 0.1) is 0 Å². The molecule has 0 aromatic carbocycles. The van der Waals surface area contributed by atoms with E-state index in [1.165, 1.54) is 32.4 Å². The largest absolute Gasteiger partial charge is 0.381 e. The van der Waals surface area contributed by atoms with Gasteiger partial charge in [0.1, 0.15) is 0 Å². The van der Waals surface area contributed by atoms with Crippen molar-refractivity contribution >= 4 is 5.91 Å². The van der Waals surface area contributed by atoms with Crippen LogP contribution < -0.4 is 5.32 Å². The molecule has 0 aromatic rings. The van der Waals surface area contributed by atoms with Crippen LogP contribution in [0.5, 0.6) is 0 Å². The number of piperidine rings is 2. The third-order valence-corrected chi connectivity index (χ3v) is 6.13. The molecular weight excluding hydrogens is 290 g/mol. The average molecular weight is 323 g/mol. The number of carbonyl (C=O) groups excluding carboxylic acids is 1. The molecule has 0 unspecified atom stereocenters. The zero-order valence-corrected chi connectivity index (χ0v) is 14.7. The highest BCUT2D eigenvalue weighted by Crippen LogP contribution is 2.30. The Balaban J connectivity index is 1.56. The molecule has 1 amide bonds. The molecule has 0 spiro atoms. The second-order valence-corrected chi connectivity index (χ2v) is 7.68. The molecule has 5 nitrogen and oxygen atoms in total. The summed E-state index contributed by atoms with van der Waals surface area (Å²) in [5.41, 5.74) is 0.139. The molecule has 3 saturated heterocycles. The number of ether oxygens (including phenoxy) is 1. The van der Waals surface area contributed by atoms with E-state index in [1.54, 1.807) is 0 Å². The first-order valence-corrected chi connectivity index (χ1v) is 9.49. The Kier molecular flexibility index (Phi) is 5.94. The van der Waals surface area contributed by atoms with Crippen molar-refractivity contribution in [1.82, 2.24) is 15.1 Å². The van der Waals surface area contributed by atoms with Crippen molar-refractivity contribution in [3.63, 3.8) is 0 Å². The molecule has 5 heteroatoms. The third kappa shape index (κ3) is 4.25. The van der Waals surface area contributed by atoms with Crippen LogP contribution in [0.3, 0.4) is 0 Å². The van der Waals surface area contributed by atoms with Crippen LogP contribution in [-0.2, 0) is 9.53 Å². The summed E-state index contributed by atoms with van der Waals surface area (Å²) in [4.78, 5) is 17.6. The predicted molar refractivity (Wildman–Crippen MR) is 91.4 cm³/mol. The number of nitrogens with one attached hydrogen (secondary N) is 1. The molecule has 1 N–H and O–H groups in total. The molecule has 3 aliphatic rings. The highest BCUT2D eigenvalue weighted by Gasteiger charge is 2.39. The molecular formula is C18H33N3O2. The van der Waals surface area contributed by atoms with E-state index in [9.17, 15) is 4.79 Å². The van der Waals surface area contributed by atoms with Gasteiger partial charge in [-0.1, -0.05) is 6.42 Å². The van der Waals surface area contributed by atoms with E-state index < -0.39 is 0 Å². The summed E-state index contributed by atoms with van der Waals surface area (Å²) in [6.45, 7) is 6.93. The minimum Gasteiger partial charge on any atom is -0.381 e. The van der Waals surface area contributed by atoms with Gasteiger partial charge in [0, 0.05) is 31.2 Å². The van der Waals surface area contributed by atoms with Crippen LogP contribution in [0.25, 0.3) is 0 Å². The summed E-state index contributed by atoms with van der Waals surface area (Å²) < 4.78 is 5.61. The van der Waals surface area contributed by atoms with E-state index in [-0.39, 0.29) is 17.4 Å². The SMILES string of the molecule is CN1CCC(C(=O)NCC2(N3CCCCC3)CCOCC2)CC1. The highest BCUT2D eigenvalue weighted by atomic mass is 16.5. The van der Waals surface area contributed by atoms with Crippen molar-refractivity contribution in [2.75, 3.05) is 53.0 Å². The smallest absolute Gasteiger partial charge is 0.223 e. The number of hydrogen-bond donors (Lipinski definition) is 1. The molecule has 23 heavy (non-hydrogen) atoms. The second kappa shape index (κ2) is 7.95. The van der Waals surface area contributed by atoms with Crippen molar-refractivity contribution < 1.29 is 9.53 Å². The second-order valence-electron chi connectivity index (χ2n) is 7.68. The first-order chi connectivity index (χ1) is 11.2. The quantitative estimate of drug-likeness (QED) is 0.851. The minimum atomic E-state index is 0.139. The lowest BCUT2D eigenvalue weighted by Gasteiger charge is -2.48. The fraction of sp³-hybridized carbons (Fsp3) is 0.944. The van der Waals surface area contributed by atoms with Crippen LogP contribution in [0.15, 0.2) is 0 Å². The van der Waals surface area contributed by atoms with E-state index in [0.29, 0.717) is 0 Å². The fourth-order valence-electron chi connectivity index (χ4n) is 4.39. The molecule has 3 rings (SSSR count). The van der Waals surface area contributed by atoms with Crippen LogP contribution in [0, 0.1) is 5.92 Å². The van der Waals surface area contributed by atoms with Gasteiger partial charge in [-0.25, -0.2) is 0 Å². The van der Waals surface area contributed by atoms with Crippen molar-refractivity contribution in [3.8, 4) is 0 Å². The maximum atomic E-state index is 12.6. The Bertz CT molecular complexity index is 382. The average Bonchev–Trinajstić information content (AvgIpc) is 2.62. The lowest BCUT2D eigenvalue weighted by molar-refractivity contribution is -0.127. The Morgan fingerprint density at radius 1 is 1.09 bits per heavy atom. The highest BCUT2D eigenvalue weighted by molar-refractivity contribution is 5.78. The van der Waals surface area contributed by atoms with Crippen LogP contribution in [-0.4, -0.2) is 74.2 Å². The molecule has 3 aliphatic heterocycles. The summed E-state index contributed by atoms with van der Waals surface area (Å²) in [7, 11) is 2.14. The predicted octanol–water partition coefficient (Wildman–Crippen LogP) is 1.48. The number of rotatable bonds is 4. The number of carbonyl (C=O) groups is 1. The van der Waals surface area contributed by atoms with E-state index in [0.717, 1.165) is 58.5 Å². The molecule has 0 aromatic heterocycles. The molecule has 0 radical (unpaired) electrons. The van der Waals surface area contributed by atoms with Crippen LogP contribution in [0.1, 0.15) is 44.9 Å². The minimum absolute atomic E-state index is 0.139. The van der Waals surface area contributed by atoms with Crippen LogP contribution >= 0.6 is 0 Å². The Hall–Kier alpha value is -0.650. The zero-order chi connectivity index (χ0) is 16.1. The summed E-state index contributed by atoms with van der Waals surface area (Å²) in [6.07, 6.45) is 8.06. The number of likely N-dealkylation sites (tertiary alicyclic amines) is 2. The molecule has 0 bridgehead atoms. The van der Waals surface area contributed by atoms with Gasteiger partial charge < -0.3 is 15.0 Å². The van der Waals surface area contributed by atoms with Gasteiger partial charge in [0.15, 0.2) is 0 Å². The van der Waals surface area contributed by atoms with E-state index in [2.05, 4.69) is 22.2 Å². The zero-order valence-electron chi connectivity index (χ0n) is 14.7. The van der Waals surface area contributed by atoms with Gasteiger partial charge in [0.2, 0.25) is 5.91 Å². The Morgan fingerprint density at radius 2 is 1.74 bits per heavy atom. The summed E-state index contributed by atoms with van der Waals surface area (Å²) >= 11 is 0. The summed E-state index contributed by atoms with van der Waals surface area (Å²) in [5, 5.41) is 3.32. The molecule has 3 heterocycles. The van der Waals surface area contributed by atoms with Gasteiger partial charge in [-0.3, -0.25) is 9.69 Å². The number of nitrogens with zero attached hydrogens (tertiary/aromatic N) is 2. The molecule has 0 atom stereocenters. The van der Waals surface area contributed by atoms with Crippen molar-refractivity contribution in [2.24, 2.45) is 5.92 Å². The Labute approximate surface area is 140 Å². The maximum absolute atomic E-state index is 12.6. The molecule has 0 aliphatic carbocycles. The number of amides is 1. The standard InChI is InChI=1S/C18H33N3O2/c1-20-11-5-16(6-12-20)17(22)19-15-18(7-13-23-14-8-18)21-9-3-2-4-10-21/h16H,2-15H2,1H3,(H,19,22).